The maximum absolute atomic E-state index is 11.6. The van der Waals surface area contributed by atoms with Gasteiger partial charge in [-0.1, -0.05) is 40.5 Å². The van der Waals surface area contributed by atoms with E-state index in [1.165, 1.54) is 18.4 Å². The fraction of sp³-hybridized carbons (Fsp3) is 0.500. The van der Waals surface area contributed by atoms with E-state index in [9.17, 15) is 4.79 Å². The standard InChI is InChI=1S/C14H18BrNO/c1-11(17)14-8-4-5-9-16(14)10-12-6-2-3-7-13(12)15/h2-3,6-7,14H,4-5,8-10H2,1H3. The smallest absolute Gasteiger partial charge is 0.146 e. The summed E-state index contributed by atoms with van der Waals surface area (Å²) in [5, 5.41) is 0. The highest BCUT2D eigenvalue weighted by atomic mass is 79.9. The van der Waals surface area contributed by atoms with Gasteiger partial charge in [-0.2, -0.15) is 0 Å². The number of hydrogen-bond acceptors (Lipinski definition) is 2. The highest BCUT2D eigenvalue weighted by molar-refractivity contribution is 9.10. The van der Waals surface area contributed by atoms with Crippen molar-refractivity contribution in [3.05, 3.63) is 34.3 Å². The number of benzene rings is 1. The molecule has 1 fully saturated rings. The van der Waals surface area contributed by atoms with Gasteiger partial charge in [-0.05, 0) is 37.9 Å². The number of nitrogens with zero attached hydrogens (tertiary/aromatic N) is 1. The van der Waals surface area contributed by atoms with Gasteiger partial charge in [0.15, 0.2) is 0 Å². The van der Waals surface area contributed by atoms with Crippen LogP contribution in [0.15, 0.2) is 28.7 Å². The summed E-state index contributed by atoms with van der Waals surface area (Å²) in [6.45, 7) is 3.61. The van der Waals surface area contributed by atoms with Crippen LogP contribution in [0.5, 0.6) is 0 Å². The molecule has 3 heteroatoms. The monoisotopic (exact) mass is 295 g/mol. The average molecular weight is 296 g/mol. The van der Waals surface area contributed by atoms with Crippen LogP contribution in [-0.4, -0.2) is 23.3 Å². The lowest BCUT2D eigenvalue weighted by molar-refractivity contribution is -0.123. The van der Waals surface area contributed by atoms with E-state index >= 15 is 0 Å². The zero-order valence-corrected chi connectivity index (χ0v) is 11.7. The third-order valence-electron chi connectivity index (χ3n) is 3.41. The number of carbonyl (C=O) groups excluding carboxylic acids is 1. The first-order chi connectivity index (χ1) is 8.18. The molecule has 1 heterocycles. The molecule has 1 saturated heterocycles. The molecule has 0 bridgehead atoms. The molecule has 0 spiro atoms. The van der Waals surface area contributed by atoms with Crippen molar-refractivity contribution in [1.29, 1.82) is 0 Å². The molecule has 92 valence electrons. The van der Waals surface area contributed by atoms with Crippen molar-refractivity contribution in [3.8, 4) is 0 Å². The normalized spacial score (nSPS) is 21.4. The van der Waals surface area contributed by atoms with Gasteiger partial charge in [0.25, 0.3) is 0 Å². The number of halogens is 1. The Morgan fingerprint density at radius 2 is 2.18 bits per heavy atom. The Labute approximate surface area is 111 Å². The molecule has 1 aromatic carbocycles. The first-order valence-corrected chi connectivity index (χ1v) is 6.95. The SMILES string of the molecule is CC(=O)C1CCCCN1Cc1ccccc1Br. The Hall–Kier alpha value is -0.670. The van der Waals surface area contributed by atoms with Crippen LogP contribution in [0, 0.1) is 0 Å². The van der Waals surface area contributed by atoms with E-state index in [-0.39, 0.29) is 6.04 Å². The Kier molecular flexibility index (Phi) is 4.35. The van der Waals surface area contributed by atoms with Gasteiger partial charge in [0.05, 0.1) is 6.04 Å². The molecule has 0 aromatic heterocycles. The van der Waals surface area contributed by atoms with Gasteiger partial charge in [0.1, 0.15) is 5.78 Å². The van der Waals surface area contributed by atoms with Crippen molar-refractivity contribution in [3.63, 3.8) is 0 Å². The third kappa shape index (κ3) is 3.17. The topological polar surface area (TPSA) is 20.3 Å². The maximum atomic E-state index is 11.6. The zero-order chi connectivity index (χ0) is 12.3. The van der Waals surface area contributed by atoms with E-state index in [0.29, 0.717) is 5.78 Å². The van der Waals surface area contributed by atoms with Crippen molar-refractivity contribution in [1.82, 2.24) is 4.90 Å². The molecule has 0 saturated carbocycles. The molecule has 1 aromatic rings. The molecule has 0 amide bonds. The minimum absolute atomic E-state index is 0.121. The predicted octanol–water partition coefficient (Wildman–Crippen LogP) is 3.39. The second kappa shape index (κ2) is 5.78. The van der Waals surface area contributed by atoms with Crippen molar-refractivity contribution in [2.45, 2.75) is 38.8 Å². The van der Waals surface area contributed by atoms with Gasteiger partial charge in [0.2, 0.25) is 0 Å². The highest BCUT2D eigenvalue weighted by Gasteiger charge is 2.26. The molecule has 2 nitrogen and oxygen atoms in total. The van der Waals surface area contributed by atoms with Crippen LogP contribution < -0.4 is 0 Å². The summed E-state index contributed by atoms with van der Waals surface area (Å²) in [7, 11) is 0. The van der Waals surface area contributed by atoms with Crippen LogP contribution in [0.1, 0.15) is 31.7 Å². The molecular formula is C14H18BrNO. The second-order valence-electron chi connectivity index (χ2n) is 4.68. The van der Waals surface area contributed by atoms with Crippen LogP contribution in [-0.2, 0) is 11.3 Å². The van der Waals surface area contributed by atoms with Crippen molar-refractivity contribution < 1.29 is 4.79 Å². The van der Waals surface area contributed by atoms with E-state index < -0.39 is 0 Å². The van der Waals surface area contributed by atoms with Crippen LogP contribution >= 0.6 is 15.9 Å². The molecule has 17 heavy (non-hydrogen) atoms. The summed E-state index contributed by atoms with van der Waals surface area (Å²) in [6, 6.07) is 8.37. The fourth-order valence-electron chi connectivity index (χ4n) is 2.49. The Morgan fingerprint density at radius 1 is 1.41 bits per heavy atom. The zero-order valence-electron chi connectivity index (χ0n) is 10.2. The van der Waals surface area contributed by atoms with Gasteiger partial charge in [-0.25, -0.2) is 0 Å². The second-order valence-corrected chi connectivity index (χ2v) is 5.54. The maximum Gasteiger partial charge on any atom is 0.146 e. The van der Waals surface area contributed by atoms with Crippen LogP contribution in [0.25, 0.3) is 0 Å². The molecule has 0 N–H and O–H groups in total. The minimum atomic E-state index is 0.121. The summed E-state index contributed by atoms with van der Waals surface area (Å²) >= 11 is 3.57. The van der Waals surface area contributed by atoms with Gasteiger partial charge in [-0.3, -0.25) is 9.69 Å². The van der Waals surface area contributed by atoms with Gasteiger partial charge >= 0.3 is 0 Å². The van der Waals surface area contributed by atoms with E-state index in [1.54, 1.807) is 6.92 Å². The van der Waals surface area contributed by atoms with Gasteiger partial charge < -0.3 is 0 Å². The van der Waals surface area contributed by atoms with Crippen LogP contribution in [0.3, 0.4) is 0 Å². The first-order valence-electron chi connectivity index (χ1n) is 6.16. The number of ketones is 1. The summed E-state index contributed by atoms with van der Waals surface area (Å²) in [4.78, 5) is 13.9. The summed E-state index contributed by atoms with van der Waals surface area (Å²) < 4.78 is 1.13. The number of piperidine rings is 1. The summed E-state index contributed by atoms with van der Waals surface area (Å²) in [5.74, 6) is 0.303. The molecule has 1 atom stereocenters. The molecule has 0 aliphatic carbocycles. The lowest BCUT2D eigenvalue weighted by Gasteiger charge is -2.34. The summed E-state index contributed by atoms with van der Waals surface area (Å²) in [5.41, 5.74) is 1.26. The predicted molar refractivity (Wildman–Crippen MR) is 72.9 cm³/mol. The molecular weight excluding hydrogens is 278 g/mol. The van der Waals surface area contributed by atoms with Gasteiger partial charge in [-0.15, -0.1) is 0 Å². The van der Waals surface area contributed by atoms with Crippen molar-refractivity contribution in [2.75, 3.05) is 6.54 Å². The highest BCUT2D eigenvalue weighted by Crippen LogP contribution is 2.23. The lowest BCUT2D eigenvalue weighted by Crippen LogP contribution is -2.43. The van der Waals surface area contributed by atoms with E-state index in [1.807, 2.05) is 12.1 Å². The van der Waals surface area contributed by atoms with E-state index in [4.69, 9.17) is 0 Å². The molecule has 1 aliphatic heterocycles. The lowest BCUT2D eigenvalue weighted by atomic mass is 9.98. The number of hydrogen-bond donors (Lipinski definition) is 0. The van der Waals surface area contributed by atoms with Crippen molar-refractivity contribution >= 4 is 21.7 Å². The molecule has 1 aliphatic rings. The van der Waals surface area contributed by atoms with Crippen LogP contribution in [0.4, 0.5) is 0 Å². The summed E-state index contributed by atoms with van der Waals surface area (Å²) in [6.07, 6.45) is 3.39. The van der Waals surface area contributed by atoms with Gasteiger partial charge in [0, 0.05) is 11.0 Å². The number of likely N-dealkylation sites (tertiary alicyclic amines) is 1. The Balaban J connectivity index is 2.11. The van der Waals surface area contributed by atoms with Crippen molar-refractivity contribution in [2.24, 2.45) is 0 Å². The number of carbonyl (C=O) groups is 1. The largest absolute Gasteiger partial charge is 0.298 e. The van der Waals surface area contributed by atoms with E-state index in [2.05, 4.69) is 33.0 Å². The third-order valence-corrected chi connectivity index (χ3v) is 4.19. The van der Waals surface area contributed by atoms with E-state index in [0.717, 1.165) is 24.0 Å². The Morgan fingerprint density at radius 3 is 2.88 bits per heavy atom. The number of rotatable bonds is 3. The van der Waals surface area contributed by atoms with Crippen LogP contribution in [0.2, 0.25) is 0 Å². The molecule has 0 radical (unpaired) electrons. The molecule has 1 unspecified atom stereocenters. The fourth-order valence-corrected chi connectivity index (χ4v) is 2.90. The molecule has 2 rings (SSSR count). The minimum Gasteiger partial charge on any atom is -0.298 e. The quantitative estimate of drug-likeness (QED) is 0.852. The Bertz CT molecular complexity index is 405. The first kappa shape index (κ1) is 12.8. The number of Topliss-reactive ketones (excluding diaryl/α,β-unsaturated/α-hetero) is 1. The average Bonchev–Trinajstić information content (AvgIpc) is 2.32.